The average Bonchev–Trinajstić information content (AvgIpc) is 3.03. The fourth-order valence-electron chi connectivity index (χ4n) is 1.44. The summed E-state index contributed by atoms with van der Waals surface area (Å²) in [4.78, 5) is 20.9. The Morgan fingerprint density at radius 1 is 1.16 bits per heavy atom. The molecule has 0 spiro atoms. The molecule has 0 saturated carbocycles. The second-order valence-corrected chi connectivity index (χ2v) is 5.43. The zero-order valence-electron chi connectivity index (χ0n) is 11.6. The highest BCUT2D eigenvalue weighted by molar-refractivity contribution is 5.76. The SMILES string of the molecule is CC(C)(C)OC(=O)CCC(=O)O.c1ccc2c(c1)C2. The zero-order chi connectivity index (χ0) is 14.5. The van der Waals surface area contributed by atoms with Crippen molar-refractivity contribution in [3.05, 3.63) is 35.4 Å². The highest BCUT2D eigenvalue weighted by Gasteiger charge is 2.16. The molecule has 0 saturated heterocycles. The van der Waals surface area contributed by atoms with Gasteiger partial charge in [-0.15, -0.1) is 0 Å². The minimum atomic E-state index is -0.985. The molecule has 0 radical (unpaired) electrons. The van der Waals surface area contributed by atoms with Crippen LogP contribution in [0, 0.1) is 0 Å². The van der Waals surface area contributed by atoms with E-state index in [0.29, 0.717) is 0 Å². The summed E-state index contributed by atoms with van der Waals surface area (Å²) in [7, 11) is 0. The quantitative estimate of drug-likeness (QED) is 0.866. The number of carboxylic acids is 1. The number of aliphatic carboxylic acids is 1. The second-order valence-electron chi connectivity index (χ2n) is 5.43. The van der Waals surface area contributed by atoms with Crippen LogP contribution in [-0.2, 0) is 20.7 Å². The van der Waals surface area contributed by atoms with Gasteiger partial charge in [-0.2, -0.15) is 0 Å². The standard InChI is InChI=1S/C8H14O4.C7H6/c1-8(2,3)12-7(11)5-4-6(9)10;1-2-4-7-5-6(7)3-1/h4-5H2,1-3H3,(H,9,10);1-4H,5H2. The molecule has 4 heteroatoms. The summed E-state index contributed by atoms with van der Waals surface area (Å²) in [6.07, 6.45) is 1.01. The van der Waals surface area contributed by atoms with Gasteiger partial charge in [-0.1, -0.05) is 24.3 Å². The number of carboxylic acid groups (broad SMARTS) is 1. The van der Waals surface area contributed by atoms with Gasteiger partial charge in [0.1, 0.15) is 5.60 Å². The molecule has 104 valence electrons. The molecule has 0 fully saturated rings. The molecule has 4 nitrogen and oxygen atoms in total. The average molecular weight is 264 g/mol. The molecule has 0 aliphatic heterocycles. The first kappa shape index (κ1) is 15.2. The third kappa shape index (κ3) is 7.24. The summed E-state index contributed by atoms with van der Waals surface area (Å²) in [5, 5.41) is 8.25. The van der Waals surface area contributed by atoms with Crippen LogP contribution in [0.3, 0.4) is 0 Å². The number of hydrogen-bond acceptors (Lipinski definition) is 3. The predicted octanol–water partition coefficient (Wildman–Crippen LogP) is 2.78. The van der Waals surface area contributed by atoms with Crippen molar-refractivity contribution in [2.75, 3.05) is 0 Å². The smallest absolute Gasteiger partial charge is 0.306 e. The zero-order valence-corrected chi connectivity index (χ0v) is 11.6. The molecule has 0 amide bonds. The van der Waals surface area contributed by atoms with E-state index in [2.05, 4.69) is 24.3 Å². The minimum absolute atomic E-state index is 0.0629. The van der Waals surface area contributed by atoms with Crippen LogP contribution >= 0.6 is 0 Å². The molecule has 0 bridgehead atoms. The van der Waals surface area contributed by atoms with Gasteiger partial charge in [0, 0.05) is 0 Å². The largest absolute Gasteiger partial charge is 0.481 e. The fourth-order valence-corrected chi connectivity index (χ4v) is 1.44. The Morgan fingerprint density at radius 2 is 1.68 bits per heavy atom. The van der Waals surface area contributed by atoms with Crippen molar-refractivity contribution in [1.29, 1.82) is 0 Å². The lowest BCUT2D eigenvalue weighted by Gasteiger charge is -2.18. The fraction of sp³-hybridized carbons (Fsp3) is 0.467. The number of esters is 1. The van der Waals surface area contributed by atoms with Crippen molar-refractivity contribution in [2.45, 2.75) is 45.6 Å². The van der Waals surface area contributed by atoms with E-state index in [1.807, 2.05) is 0 Å². The van der Waals surface area contributed by atoms with Crippen molar-refractivity contribution >= 4 is 11.9 Å². The van der Waals surface area contributed by atoms with Crippen LogP contribution < -0.4 is 0 Å². The Morgan fingerprint density at radius 3 is 2.05 bits per heavy atom. The molecule has 1 aliphatic carbocycles. The highest BCUT2D eigenvalue weighted by atomic mass is 16.6. The molecule has 1 aromatic rings. The van der Waals surface area contributed by atoms with E-state index in [1.165, 1.54) is 17.5 Å². The Hall–Kier alpha value is -1.84. The number of carbonyl (C=O) groups excluding carboxylic acids is 1. The summed E-state index contributed by atoms with van der Waals surface area (Å²) < 4.78 is 4.89. The van der Waals surface area contributed by atoms with Gasteiger partial charge in [0.25, 0.3) is 0 Å². The predicted molar refractivity (Wildman–Crippen MR) is 72.0 cm³/mol. The molecule has 19 heavy (non-hydrogen) atoms. The van der Waals surface area contributed by atoms with E-state index in [0.717, 1.165) is 0 Å². The maximum atomic E-state index is 10.9. The van der Waals surface area contributed by atoms with E-state index < -0.39 is 17.5 Å². The van der Waals surface area contributed by atoms with Gasteiger partial charge in [0.15, 0.2) is 0 Å². The maximum Gasteiger partial charge on any atom is 0.306 e. The Kier molecular flexibility index (Phi) is 5.10. The normalized spacial score (nSPS) is 11.7. The topological polar surface area (TPSA) is 63.6 Å². The number of hydrogen-bond donors (Lipinski definition) is 1. The van der Waals surface area contributed by atoms with Gasteiger partial charge in [-0.3, -0.25) is 9.59 Å². The second kappa shape index (κ2) is 6.36. The molecule has 1 N–H and O–H groups in total. The number of rotatable bonds is 3. The molecule has 0 atom stereocenters. The third-order valence-electron chi connectivity index (χ3n) is 2.34. The van der Waals surface area contributed by atoms with Gasteiger partial charge in [0.05, 0.1) is 12.8 Å². The summed E-state index contributed by atoms with van der Waals surface area (Å²) in [6.45, 7) is 5.23. The van der Waals surface area contributed by atoms with Crippen LogP contribution in [0.5, 0.6) is 0 Å². The first-order chi connectivity index (χ1) is 8.78. The Balaban J connectivity index is 0.000000213. The van der Waals surface area contributed by atoms with Crippen LogP contribution in [-0.4, -0.2) is 22.6 Å². The molecule has 0 heterocycles. The van der Waals surface area contributed by atoms with Crippen LogP contribution in [0.4, 0.5) is 0 Å². The van der Waals surface area contributed by atoms with Crippen LogP contribution in [0.2, 0.25) is 0 Å². The summed E-state index contributed by atoms with van der Waals surface area (Å²) >= 11 is 0. The van der Waals surface area contributed by atoms with Crippen molar-refractivity contribution in [3.8, 4) is 0 Å². The molecule has 1 aliphatic rings. The van der Waals surface area contributed by atoms with Crippen molar-refractivity contribution in [1.82, 2.24) is 0 Å². The monoisotopic (exact) mass is 264 g/mol. The maximum absolute atomic E-state index is 10.9. The van der Waals surface area contributed by atoms with Crippen molar-refractivity contribution in [3.63, 3.8) is 0 Å². The van der Waals surface area contributed by atoms with Gasteiger partial charge < -0.3 is 9.84 Å². The van der Waals surface area contributed by atoms with Gasteiger partial charge in [0.2, 0.25) is 0 Å². The first-order valence-electron chi connectivity index (χ1n) is 6.28. The molecule has 0 aromatic heterocycles. The van der Waals surface area contributed by atoms with Crippen molar-refractivity contribution < 1.29 is 19.4 Å². The number of fused-ring (bicyclic) bond motifs is 1. The number of ether oxygens (including phenoxy) is 1. The molecule has 1 aromatic carbocycles. The van der Waals surface area contributed by atoms with E-state index in [9.17, 15) is 9.59 Å². The van der Waals surface area contributed by atoms with E-state index in [1.54, 1.807) is 20.8 Å². The third-order valence-corrected chi connectivity index (χ3v) is 2.34. The minimum Gasteiger partial charge on any atom is -0.481 e. The summed E-state index contributed by atoms with van der Waals surface area (Å²) in [5.74, 6) is -1.45. The summed E-state index contributed by atoms with van der Waals surface area (Å²) in [5.41, 5.74) is 2.53. The van der Waals surface area contributed by atoms with E-state index >= 15 is 0 Å². The van der Waals surface area contributed by atoms with Gasteiger partial charge >= 0.3 is 11.9 Å². The van der Waals surface area contributed by atoms with Gasteiger partial charge in [-0.05, 0) is 38.3 Å². The van der Waals surface area contributed by atoms with Crippen LogP contribution in [0.25, 0.3) is 0 Å². The highest BCUT2D eigenvalue weighted by Crippen LogP contribution is 2.25. The van der Waals surface area contributed by atoms with Crippen LogP contribution in [0.1, 0.15) is 44.7 Å². The molecule has 2 rings (SSSR count). The molecule has 0 unspecified atom stereocenters. The molecular formula is C15H20O4. The number of benzene rings is 1. The lowest BCUT2D eigenvalue weighted by molar-refractivity contribution is -0.157. The Bertz CT molecular complexity index is 436. The summed E-state index contributed by atoms with van der Waals surface area (Å²) in [6, 6.07) is 8.53. The number of carbonyl (C=O) groups is 2. The van der Waals surface area contributed by atoms with E-state index in [4.69, 9.17) is 9.84 Å². The van der Waals surface area contributed by atoms with Crippen LogP contribution in [0.15, 0.2) is 24.3 Å². The molecular weight excluding hydrogens is 244 g/mol. The lowest BCUT2D eigenvalue weighted by atomic mass is 10.2. The lowest BCUT2D eigenvalue weighted by Crippen LogP contribution is -2.24. The van der Waals surface area contributed by atoms with E-state index in [-0.39, 0.29) is 12.8 Å². The van der Waals surface area contributed by atoms with Crippen molar-refractivity contribution in [2.24, 2.45) is 0 Å². The first-order valence-corrected chi connectivity index (χ1v) is 6.28. The Labute approximate surface area is 113 Å². The van der Waals surface area contributed by atoms with Gasteiger partial charge in [-0.25, -0.2) is 0 Å².